The first-order valence-electron chi connectivity index (χ1n) is 6.50. The molecular formula is C13H9F5O6S2. The zero-order valence-corrected chi connectivity index (χ0v) is 13.9. The lowest BCUT2D eigenvalue weighted by Gasteiger charge is -2.25. The molecule has 1 atom stereocenters. The minimum atomic E-state index is -6.62. The maximum absolute atomic E-state index is 13.4. The third-order valence-corrected chi connectivity index (χ3v) is 5.36. The number of halogens is 5. The molecule has 13 heteroatoms. The van der Waals surface area contributed by atoms with Crippen LogP contribution >= 0.6 is 0 Å². The smallest absolute Gasteiger partial charge is 0.281 e. The van der Waals surface area contributed by atoms with Crippen LogP contribution in [0.15, 0.2) is 47.4 Å². The fourth-order valence-corrected chi connectivity index (χ4v) is 3.56. The standard InChI is InChI=1S/C13H9F5O6S2/c14-12(15,16)11(13(17,18)26(21,22)23)24-25(19,20)10-6-5-8-3-1-2-4-9(8)7-10/h1-7,11H,(H,21,22,23). The first-order valence-corrected chi connectivity index (χ1v) is 9.35. The van der Waals surface area contributed by atoms with Gasteiger partial charge in [0, 0.05) is 0 Å². The number of hydrogen-bond acceptors (Lipinski definition) is 5. The molecule has 0 saturated carbocycles. The van der Waals surface area contributed by atoms with Gasteiger partial charge in [0.25, 0.3) is 16.2 Å². The number of alkyl halides is 5. The fourth-order valence-electron chi connectivity index (χ4n) is 1.94. The molecule has 144 valence electrons. The van der Waals surface area contributed by atoms with E-state index in [1.807, 2.05) is 0 Å². The third-order valence-electron chi connectivity index (χ3n) is 3.18. The molecule has 6 nitrogen and oxygen atoms in total. The lowest BCUT2D eigenvalue weighted by atomic mass is 10.1. The lowest BCUT2D eigenvalue weighted by molar-refractivity contribution is -0.237. The Balaban J connectivity index is 2.52. The molecule has 0 aliphatic heterocycles. The highest BCUT2D eigenvalue weighted by Crippen LogP contribution is 2.39. The average molecular weight is 420 g/mol. The van der Waals surface area contributed by atoms with E-state index in [1.54, 1.807) is 12.1 Å². The predicted molar refractivity (Wildman–Crippen MR) is 78.6 cm³/mol. The second kappa shape index (κ2) is 6.40. The van der Waals surface area contributed by atoms with Crippen molar-refractivity contribution in [1.29, 1.82) is 0 Å². The zero-order chi connectivity index (χ0) is 20.0. The Kier molecular flexibility index (Phi) is 5.04. The summed E-state index contributed by atoms with van der Waals surface area (Å²) in [4.78, 5) is -0.906. The van der Waals surface area contributed by atoms with Gasteiger partial charge < -0.3 is 0 Å². The first-order chi connectivity index (χ1) is 11.7. The predicted octanol–water partition coefficient (Wildman–Crippen LogP) is 2.96. The van der Waals surface area contributed by atoms with Gasteiger partial charge in [-0.05, 0) is 22.9 Å². The normalized spacial score (nSPS) is 15.2. The number of fused-ring (bicyclic) bond motifs is 1. The summed E-state index contributed by atoms with van der Waals surface area (Å²) < 4.78 is 122. The van der Waals surface area contributed by atoms with Gasteiger partial charge in [0.1, 0.15) is 0 Å². The van der Waals surface area contributed by atoms with Crippen LogP contribution in [0, 0.1) is 0 Å². The maximum atomic E-state index is 13.4. The molecule has 1 N–H and O–H groups in total. The SMILES string of the molecule is O=S(=O)(OC(C(F)(F)F)C(F)(F)S(=O)(=O)O)c1ccc2ccccc2c1. The summed E-state index contributed by atoms with van der Waals surface area (Å²) in [5.41, 5.74) is 0. The van der Waals surface area contributed by atoms with Crippen LogP contribution in [-0.2, 0) is 24.4 Å². The summed E-state index contributed by atoms with van der Waals surface area (Å²) in [5, 5.41) is -5.20. The second-order valence-corrected chi connectivity index (χ2v) is 8.08. The van der Waals surface area contributed by atoms with Gasteiger partial charge in [-0.3, -0.25) is 4.55 Å². The molecule has 0 saturated heterocycles. The molecule has 0 radical (unpaired) electrons. The van der Waals surface area contributed by atoms with Gasteiger partial charge >= 0.3 is 21.5 Å². The maximum Gasteiger partial charge on any atom is 0.423 e. The van der Waals surface area contributed by atoms with Crippen molar-refractivity contribution >= 4 is 31.0 Å². The van der Waals surface area contributed by atoms with Crippen LogP contribution in [0.2, 0.25) is 0 Å². The van der Waals surface area contributed by atoms with Crippen LogP contribution in [0.5, 0.6) is 0 Å². The van der Waals surface area contributed by atoms with Crippen LogP contribution in [0.3, 0.4) is 0 Å². The van der Waals surface area contributed by atoms with Crippen molar-refractivity contribution in [3.05, 3.63) is 42.5 Å². The fraction of sp³-hybridized carbons (Fsp3) is 0.231. The van der Waals surface area contributed by atoms with E-state index >= 15 is 0 Å². The molecule has 2 rings (SSSR count). The van der Waals surface area contributed by atoms with Crippen molar-refractivity contribution in [3.63, 3.8) is 0 Å². The minimum absolute atomic E-state index is 0.252. The quantitative estimate of drug-likeness (QED) is 0.454. The Morgan fingerprint density at radius 1 is 0.885 bits per heavy atom. The highest BCUT2D eigenvalue weighted by Gasteiger charge is 2.66. The molecule has 2 aromatic rings. The topological polar surface area (TPSA) is 97.7 Å². The molecule has 0 aromatic heterocycles. The van der Waals surface area contributed by atoms with Crippen LogP contribution < -0.4 is 0 Å². The van der Waals surface area contributed by atoms with Gasteiger partial charge in [-0.15, -0.1) is 0 Å². The molecule has 0 amide bonds. The molecule has 26 heavy (non-hydrogen) atoms. The Morgan fingerprint density at radius 2 is 1.42 bits per heavy atom. The van der Waals surface area contributed by atoms with E-state index in [2.05, 4.69) is 4.18 Å². The first kappa shape index (κ1) is 20.5. The number of hydrogen-bond donors (Lipinski definition) is 1. The van der Waals surface area contributed by atoms with E-state index in [0.29, 0.717) is 5.39 Å². The molecule has 0 aliphatic rings. The van der Waals surface area contributed by atoms with Crippen molar-refractivity contribution in [1.82, 2.24) is 0 Å². The largest absolute Gasteiger partial charge is 0.423 e. The van der Waals surface area contributed by atoms with E-state index < -0.39 is 42.7 Å². The summed E-state index contributed by atoms with van der Waals surface area (Å²) in [7, 11) is -12.1. The van der Waals surface area contributed by atoms with Crippen LogP contribution in [0.1, 0.15) is 0 Å². The van der Waals surface area contributed by atoms with Gasteiger partial charge in [0.2, 0.25) is 0 Å². The van der Waals surface area contributed by atoms with Crippen LogP contribution in [0.25, 0.3) is 10.8 Å². The molecule has 0 bridgehead atoms. The Bertz CT molecular complexity index is 1030. The molecule has 0 aliphatic carbocycles. The Hall–Kier alpha value is -1.83. The van der Waals surface area contributed by atoms with Crippen molar-refractivity contribution < 1.29 is 47.5 Å². The second-order valence-electron chi connectivity index (χ2n) is 5.02. The van der Waals surface area contributed by atoms with E-state index in [9.17, 15) is 38.8 Å². The van der Waals surface area contributed by atoms with Crippen molar-refractivity contribution in [2.45, 2.75) is 22.4 Å². The molecule has 1 unspecified atom stereocenters. The van der Waals surface area contributed by atoms with Gasteiger partial charge in [0.05, 0.1) is 4.90 Å². The third kappa shape index (κ3) is 3.95. The van der Waals surface area contributed by atoms with Crippen LogP contribution in [-0.4, -0.2) is 38.9 Å². The lowest BCUT2D eigenvalue weighted by Crippen LogP contribution is -2.52. The zero-order valence-electron chi connectivity index (χ0n) is 12.3. The molecule has 0 spiro atoms. The van der Waals surface area contributed by atoms with Gasteiger partial charge in [-0.2, -0.15) is 38.8 Å². The van der Waals surface area contributed by atoms with Crippen molar-refractivity contribution in [2.24, 2.45) is 0 Å². The minimum Gasteiger partial charge on any atom is -0.281 e. The monoisotopic (exact) mass is 420 g/mol. The number of rotatable bonds is 5. The summed E-state index contributed by atoms with van der Waals surface area (Å²) in [6.45, 7) is 0. The molecular weight excluding hydrogens is 411 g/mol. The van der Waals surface area contributed by atoms with Crippen LogP contribution in [0.4, 0.5) is 22.0 Å². The van der Waals surface area contributed by atoms with E-state index in [1.165, 1.54) is 18.2 Å². The van der Waals surface area contributed by atoms with E-state index in [0.717, 1.165) is 12.1 Å². The van der Waals surface area contributed by atoms with Gasteiger partial charge in [-0.1, -0.05) is 30.3 Å². The van der Waals surface area contributed by atoms with Crippen molar-refractivity contribution in [2.75, 3.05) is 0 Å². The molecule has 0 heterocycles. The molecule has 0 fully saturated rings. The van der Waals surface area contributed by atoms with E-state index in [-0.39, 0.29) is 5.39 Å². The Morgan fingerprint density at radius 3 is 1.92 bits per heavy atom. The summed E-state index contributed by atoms with van der Waals surface area (Å²) in [5.74, 6) is 0. The van der Waals surface area contributed by atoms with Gasteiger partial charge in [0.15, 0.2) is 0 Å². The highest BCUT2D eigenvalue weighted by atomic mass is 32.2. The summed E-state index contributed by atoms with van der Waals surface area (Å²) >= 11 is 0. The summed E-state index contributed by atoms with van der Waals surface area (Å²) in [6.07, 6.45) is -10.8. The molecule has 2 aromatic carbocycles. The van der Waals surface area contributed by atoms with E-state index in [4.69, 9.17) is 4.55 Å². The highest BCUT2D eigenvalue weighted by molar-refractivity contribution is 7.87. The summed E-state index contributed by atoms with van der Waals surface area (Å²) in [6, 6.07) is 8.90. The van der Waals surface area contributed by atoms with Gasteiger partial charge in [-0.25, -0.2) is 4.18 Å². The Labute approximate surface area is 144 Å². The average Bonchev–Trinajstić information content (AvgIpc) is 2.50. The number of benzene rings is 2. The van der Waals surface area contributed by atoms with Crippen molar-refractivity contribution in [3.8, 4) is 0 Å².